The Balaban J connectivity index is 2.22. The summed E-state index contributed by atoms with van der Waals surface area (Å²) < 4.78 is 36.0. The first-order valence-electron chi connectivity index (χ1n) is 5.66. The molecule has 1 aromatic heterocycles. The summed E-state index contributed by atoms with van der Waals surface area (Å²) in [6.45, 7) is 0.759. The first-order valence-corrected chi connectivity index (χ1v) is 7.10. The van der Waals surface area contributed by atoms with Gasteiger partial charge in [-0.1, -0.05) is 0 Å². The van der Waals surface area contributed by atoms with Gasteiger partial charge in [-0.05, 0) is 25.0 Å². The lowest BCUT2D eigenvalue weighted by Crippen LogP contribution is -2.42. The average Bonchev–Trinajstić information content (AvgIpc) is 2.88. The average molecular weight is 273 g/mol. The zero-order valence-electron chi connectivity index (χ0n) is 10.0. The summed E-state index contributed by atoms with van der Waals surface area (Å²) in [6.07, 6.45) is 1.99. The van der Waals surface area contributed by atoms with Crippen LogP contribution in [0.4, 0.5) is 0 Å². The van der Waals surface area contributed by atoms with Crippen LogP contribution >= 0.6 is 0 Å². The van der Waals surface area contributed by atoms with Crippen LogP contribution in [-0.4, -0.2) is 45.3 Å². The molecule has 7 heteroatoms. The van der Waals surface area contributed by atoms with Crippen molar-refractivity contribution in [3.8, 4) is 0 Å². The fourth-order valence-electron chi connectivity index (χ4n) is 1.98. The zero-order valence-corrected chi connectivity index (χ0v) is 10.9. The van der Waals surface area contributed by atoms with Crippen molar-refractivity contribution in [1.29, 1.82) is 0 Å². The molecule has 0 amide bonds. The summed E-state index contributed by atoms with van der Waals surface area (Å²) in [4.78, 5) is 10.5. The molecule has 1 unspecified atom stereocenters. The summed E-state index contributed by atoms with van der Waals surface area (Å²) in [7, 11) is -2.10. The molecule has 2 heterocycles. The van der Waals surface area contributed by atoms with E-state index < -0.39 is 10.0 Å². The molecule has 0 aromatic carbocycles. The fraction of sp³-hybridized carbons (Fsp3) is 0.545. The fourth-order valence-corrected chi connectivity index (χ4v) is 3.41. The van der Waals surface area contributed by atoms with Crippen molar-refractivity contribution in [3.63, 3.8) is 0 Å². The van der Waals surface area contributed by atoms with Gasteiger partial charge in [-0.15, -0.1) is 0 Å². The first kappa shape index (κ1) is 13.3. The van der Waals surface area contributed by atoms with Gasteiger partial charge >= 0.3 is 0 Å². The lowest BCUT2D eigenvalue weighted by molar-refractivity contribution is 0.0567. The number of hydrogen-bond donors (Lipinski definition) is 0. The van der Waals surface area contributed by atoms with Crippen molar-refractivity contribution in [2.24, 2.45) is 0 Å². The number of nitrogens with zero attached hydrogens (tertiary/aromatic N) is 1. The van der Waals surface area contributed by atoms with E-state index in [2.05, 4.69) is 0 Å². The number of aldehydes is 1. The van der Waals surface area contributed by atoms with Crippen LogP contribution in [0.15, 0.2) is 21.6 Å². The van der Waals surface area contributed by atoms with E-state index in [0.29, 0.717) is 19.4 Å². The molecule has 1 fully saturated rings. The minimum Gasteiger partial charge on any atom is -0.440 e. The normalized spacial score (nSPS) is 21.9. The van der Waals surface area contributed by atoms with Crippen molar-refractivity contribution >= 4 is 16.3 Å². The van der Waals surface area contributed by atoms with E-state index in [0.717, 1.165) is 12.8 Å². The third-order valence-electron chi connectivity index (χ3n) is 2.99. The molecule has 0 N–H and O–H groups in total. The smallest absolute Gasteiger partial charge is 0.276 e. The Morgan fingerprint density at radius 2 is 2.28 bits per heavy atom. The van der Waals surface area contributed by atoms with Gasteiger partial charge in [0.05, 0.1) is 6.10 Å². The maximum Gasteiger partial charge on any atom is 0.276 e. The van der Waals surface area contributed by atoms with Gasteiger partial charge in [-0.25, -0.2) is 8.42 Å². The highest BCUT2D eigenvalue weighted by Crippen LogP contribution is 2.22. The van der Waals surface area contributed by atoms with Gasteiger partial charge in [0.2, 0.25) is 5.09 Å². The Labute approximate surface area is 106 Å². The predicted molar refractivity (Wildman–Crippen MR) is 62.9 cm³/mol. The molecule has 6 nitrogen and oxygen atoms in total. The molecule has 0 saturated carbocycles. The first-order chi connectivity index (χ1) is 8.57. The van der Waals surface area contributed by atoms with E-state index >= 15 is 0 Å². The van der Waals surface area contributed by atoms with Crippen LogP contribution in [0.5, 0.6) is 0 Å². The topological polar surface area (TPSA) is 76.8 Å². The SMILES string of the molecule is COC1CCCN(S(=O)(=O)c2ccc(C=O)o2)C1. The second kappa shape index (κ2) is 5.21. The van der Waals surface area contributed by atoms with Crippen molar-refractivity contribution in [2.45, 2.75) is 24.0 Å². The third kappa shape index (κ3) is 2.47. The molecule has 18 heavy (non-hydrogen) atoms. The molecule has 0 spiro atoms. The monoisotopic (exact) mass is 273 g/mol. The standard InChI is InChI=1S/C11H15NO5S/c1-16-9-3-2-6-12(7-9)18(14,15)11-5-4-10(8-13)17-11/h4-5,8-9H,2-3,6-7H2,1H3. The van der Waals surface area contributed by atoms with Crippen LogP contribution in [0, 0.1) is 0 Å². The second-order valence-electron chi connectivity index (χ2n) is 4.14. The predicted octanol–water partition coefficient (Wildman–Crippen LogP) is 0.892. The van der Waals surface area contributed by atoms with Crippen LogP contribution in [0.1, 0.15) is 23.4 Å². The van der Waals surface area contributed by atoms with Gasteiger partial charge in [0, 0.05) is 20.2 Å². The number of hydrogen-bond acceptors (Lipinski definition) is 5. The number of sulfonamides is 1. The summed E-state index contributed by atoms with van der Waals surface area (Å²) in [6, 6.07) is 2.65. The number of piperidine rings is 1. The third-order valence-corrected chi connectivity index (χ3v) is 4.73. The molecule has 1 aliphatic heterocycles. The maximum atomic E-state index is 12.2. The van der Waals surface area contributed by atoms with Crippen LogP contribution in [0.25, 0.3) is 0 Å². The van der Waals surface area contributed by atoms with E-state index in [1.165, 1.54) is 16.4 Å². The van der Waals surface area contributed by atoms with Crippen LogP contribution in [0.3, 0.4) is 0 Å². The molecule has 1 aliphatic rings. The minimum absolute atomic E-state index is 0.00822. The molecule has 0 bridgehead atoms. The number of methoxy groups -OCH3 is 1. The number of carbonyl (C=O) groups is 1. The summed E-state index contributed by atoms with van der Waals surface area (Å²) in [5.41, 5.74) is 0. The van der Waals surface area contributed by atoms with E-state index in [1.54, 1.807) is 7.11 Å². The van der Waals surface area contributed by atoms with E-state index in [1.807, 2.05) is 0 Å². The summed E-state index contributed by atoms with van der Waals surface area (Å²) in [5, 5.41) is -0.193. The summed E-state index contributed by atoms with van der Waals surface area (Å²) in [5.74, 6) is 0.00822. The van der Waals surface area contributed by atoms with Crippen LogP contribution < -0.4 is 0 Å². The van der Waals surface area contributed by atoms with Gasteiger partial charge in [-0.3, -0.25) is 4.79 Å². The van der Waals surface area contributed by atoms with Gasteiger partial charge in [0.1, 0.15) is 0 Å². The highest BCUT2D eigenvalue weighted by atomic mass is 32.2. The highest BCUT2D eigenvalue weighted by Gasteiger charge is 2.32. The van der Waals surface area contributed by atoms with Gasteiger partial charge < -0.3 is 9.15 Å². The Morgan fingerprint density at radius 3 is 2.89 bits per heavy atom. The molecule has 0 aliphatic carbocycles. The Morgan fingerprint density at radius 1 is 1.50 bits per heavy atom. The maximum absolute atomic E-state index is 12.2. The molecule has 100 valence electrons. The summed E-state index contributed by atoms with van der Waals surface area (Å²) >= 11 is 0. The lowest BCUT2D eigenvalue weighted by Gasteiger charge is -2.30. The largest absolute Gasteiger partial charge is 0.440 e. The Hall–Kier alpha value is -1.18. The van der Waals surface area contributed by atoms with E-state index in [9.17, 15) is 13.2 Å². The zero-order chi connectivity index (χ0) is 13.2. The van der Waals surface area contributed by atoms with Crippen molar-refractivity contribution in [1.82, 2.24) is 4.31 Å². The quantitative estimate of drug-likeness (QED) is 0.761. The highest BCUT2D eigenvalue weighted by molar-refractivity contribution is 7.89. The molecular formula is C11H15NO5S. The Kier molecular flexibility index (Phi) is 3.84. The van der Waals surface area contributed by atoms with Crippen molar-refractivity contribution < 1.29 is 22.4 Å². The molecular weight excluding hydrogens is 258 g/mol. The number of ether oxygens (including phenoxy) is 1. The van der Waals surface area contributed by atoms with Crippen LogP contribution in [0.2, 0.25) is 0 Å². The number of furan rings is 1. The van der Waals surface area contributed by atoms with Crippen molar-refractivity contribution in [3.05, 3.63) is 17.9 Å². The Bertz CT molecular complexity index is 521. The molecule has 2 rings (SSSR count). The van der Waals surface area contributed by atoms with Crippen LogP contribution in [-0.2, 0) is 14.8 Å². The van der Waals surface area contributed by atoms with Crippen molar-refractivity contribution in [2.75, 3.05) is 20.2 Å². The lowest BCUT2D eigenvalue weighted by atomic mass is 10.1. The number of rotatable bonds is 4. The molecule has 1 saturated heterocycles. The minimum atomic E-state index is -3.67. The van der Waals surface area contributed by atoms with Gasteiger partial charge in [-0.2, -0.15) is 4.31 Å². The number of carbonyl (C=O) groups excluding carboxylic acids is 1. The van der Waals surface area contributed by atoms with E-state index in [4.69, 9.17) is 9.15 Å². The molecule has 1 aromatic rings. The second-order valence-corrected chi connectivity index (χ2v) is 6.01. The molecule has 1 atom stereocenters. The van der Waals surface area contributed by atoms with Gasteiger partial charge in [0.25, 0.3) is 10.0 Å². The van der Waals surface area contributed by atoms with E-state index in [-0.39, 0.29) is 17.0 Å². The molecule has 0 radical (unpaired) electrons. The van der Waals surface area contributed by atoms with Gasteiger partial charge in [0.15, 0.2) is 12.0 Å².